The number of benzene rings is 1. The number of carbonyl (C=O) groups is 2. The molecular weight excluding hydrogens is 316 g/mol. The van der Waals surface area contributed by atoms with Crippen molar-refractivity contribution in [2.45, 2.75) is 32.9 Å². The van der Waals surface area contributed by atoms with Crippen molar-refractivity contribution in [3.05, 3.63) is 45.9 Å². The van der Waals surface area contributed by atoms with Gasteiger partial charge >= 0.3 is 5.97 Å². The molecule has 2 N–H and O–H groups in total. The summed E-state index contributed by atoms with van der Waals surface area (Å²) in [5.41, 5.74) is 1.77. The lowest BCUT2D eigenvalue weighted by molar-refractivity contribution is -0.141. The number of hydrogen-bond donors (Lipinski definition) is 2. The fourth-order valence-electron chi connectivity index (χ4n) is 1.79. The Hall–Kier alpha value is -2.41. The second kappa shape index (κ2) is 7.73. The zero-order valence-electron chi connectivity index (χ0n) is 12.9. The average molecular weight is 334 g/mol. The number of rotatable bonds is 7. The molecule has 0 bridgehead atoms. The first-order chi connectivity index (χ1) is 10.9. The van der Waals surface area contributed by atoms with E-state index in [-0.39, 0.29) is 12.3 Å². The Labute approximate surface area is 138 Å². The Morgan fingerprint density at radius 1 is 1.35 bits per heavy atom. The number of thiazole rings is 1. The predicted molar refractivity (Wildman–Crippen MR) is 86.6 cm³/mol. The zero-order chi connectivity index (χ0) is 16.8. The topological polar surface area (TPSA) is 88.5 Å². The van der Waals surface area contributed by atoms with Crippen LogP contribution >= 0.6 is 11.3 Å². The standard InChI is InChI=1S/C16H18N2O4S/c1-10-3-5-13(6-4-10)22-8-15-18-12(9-23-15)7-14(19)17-11(2)16(20)21/h3-6,9,11H,7-8H2,1-2H3,(H,17,19)(H,20,21)/t11-/m0/s1. The summed E-state index contributed by atoms with van der Waals surface area (Å²) in [6, 6.07) is 6.81. The fraction of sp³-hybridized carbons (Fsp3) is 0.312. The zero-order valence-corrected chi connectivity index (χ0v) is 13.7. The third-order valence-corrected chi connectivity index (χ3v) is 3.94. The molecule has 1 aromatic carbocycles. The van der Waals surface area contributed by atoms with Crippen molar-refractivity contribution in [3.63, 3.8) is 0 Å². The number of carbonyl (C=O) groups excluding carboxylic acids is 1. The molecule has 0 aliphatic heterocycles. The van der Waals surface area contributed by atoms with Crippen LogP contribution in [0.1, 0.15) is 23.2 Å². The molecule has 2 aromatic rings. The molecule has 1 amide bonds. The highest BCUT2D eigenvalue weighted by Gasteiger charge is 2.15. The quantitative estimate of drug-likeness (QED) is 0.810. The smallest absolute Gasteiger partial charge is 0.325 e. The Balaban J connectivity index is 1.84. The van der Waals surface area contributed by atoms with E-state index in [4.69, 9.17) is 9.84 Å². The predicted octanol–water partition coefficient (Wildman–Crippen LogP) is 2.16. The minimum atomic E-state index is -1.07. The van der Waals surface area contributed by atoms with Gasteiger partial charge in [-0.25, -0.2) is 4.98 Å². The van der Waals surface area contributed by atoms with Crippen LogP contribution in [0.3, 0.4) is 0 Å². The lowest BCUT2D eigenvalue weighted by Crippen LogP contribution is -2.39. The molecule has 2 rings (SSSR count). The number of aryl methyl sites for hydroxylation is 1. The largest absolute Gasteiger partial charge is 0.486 e. The summed E-state index contributed by atoms with van der Waals surface area (Å²) in [6.07, 6.45) is 0.0542. The van der Waals surface area contributed by atoms with Crippen molar-refractivity contribution in [2.75, 3.05) is 0 Å². The summed E-state index contributed by atoms with van der Waals surface area (Å²) < 4.78 is 5.63. The molecule has 0 aliphatic rings. The number of nitrogens with zero attached hydrogens (tertiary/aromatic N) is 1. The van der Waals surface area contributed by atoms with Crippen molar-refractivity contribution < 1.29 is 19.4 Å². The van der Waals surface area contributed by atoms with E-state index >= 15 is 0 Å². The molecular formula is C16H18N2O4S. The number of ether oxygens (including phenoxy) is 1. The number of aliphatic carboxylic acids is 1. The SMILES string of the molecule is Cc1ccc(OCc2nc(CC(=O)N[C@@H](C)C(=O)O)cs2)cc1. The van der Waals surface area contributed by atoms with E-state index < -0.39 is 12.0 Å². The van der Waals surface area contributed by atoms with Gasteiger partial charge in [0.15, 0.2) is 0 Å². The molecule has 0 aliphatic carbocycles. The Bertz CT molecular complexity index is 682. The monoisotopic (exact) mass is 334 g/mol. The molecule has 0 radical (unpaired) electrons. The lowest BCUT2D eigenvalue weighted by atomic mass is 10.2. The summed E-state index contributed by atoms with van der Waals surface area (Å²) in [4.78, 5) is 26.7. The molecule has 0 fully saturated rings. The summed E-state index contributed by atoms with van der Waals surface area (Å²) in [7, 11) is 0. The normalized spacial score (nSPS) is 11.7. The van der Waals surface area contributed by atoms with Crippen LogP contribution in [0.2, 0.25) is 0 Å². The first-order valence-corrected chi connectivity index (χ1v) is 7.97. The van der Waals surface area contributed by atoms with Crippen LogP contribution in [0, 0.1) is 6.92 Å². The van der Waals surface area contributed by atoms with E-state index in [1.54, 1.807) is 5.38 Å². The first kappa shape index (κ1) is 17.0. The molecule has 0 spiro atoms. The van der Waals surface area contributed by atoms with E-state index in [1.165, 1.54) is 18.3 Å². The maximum absolute atomic E-state index is 11.7. The van der Waals surface area contributed by atoms with Crippen LogP contribution in [-0.2, 0) is 22.6 Å². The van der Waals surface area contributed by atoms with E-state index in [0.29, 0.717) is 12.3 Å². The van der Waals surface area contributed by atoms with E-state index in [1.807, 2.05) is 31.2 Å². The molecule has 7 heteroatoms. The highest BCUT2D eigenvalue weighted by atomic mass is 32.1. The number of hydrogen-bond acceptors (Lipinski definition) is 5. The van der Waals surface area contributed by atoms with Gasteiger partial charge in [-0.3, -0.25) is 9.59 Å². The van der Waals surface area contributed by atoms with Gasteiger partial charge in [-0.15, -0.1) is 11.3 Å². The van der Waals surface area contributed by atoms with Gasteiger partial charge in [0.1, 0.15) is 23.4 Å². The van der Waals surface area contributed by atoms with Gasteiger partial charge in [0, 0.05) is 5.38 Å². The van der Waals surface area contributed by atoms with Crippen LogP contribution < -0.4 is 10.1 Å². The second-order valence-corrected chi connectivity index (χ2v) is 6.08. The van der Waals surface area contributed by atoms with Crippen molar-refractivity contribution in [1.82, 2.24) is 10.3 Å². The van der Waals surface area contributed by atoms with Crippen molar-refractivity contribution in [3.8, 4) is 5.75 Å². The Morgan fingerprint density at radius 3 is 2.70 bits per heavy atom. The number of aromatic nitrogens is 1. The van der Waals surface area contributed by atoms with Gasteiger partial charge in [-0.05, 0) is 26.0 Å². The van der Waals surface area contributed by atoms with Crippen LogP contribution in [0.15, 0.2) is 29.6 Å². The maximum atomic E-state index is 11.7. The minimum Gasteiger partial charge on any atom is -0.486 e. The summed E-state index contributed by atoms with van der Waals surface area (Å²) in [6.45, 7) is 3.76. The van der Waals surface area contributed by atoms with Crippen molar-refractivity contribution in [1.29, 1.82) is 0 Å². The van der Waals surface area contributed by atoms with Gasteiger partial charge in [-0.2, -0.15) is 0 Å². The third kappa shape index (κ3) is 5.37. The Morgan fingerprint density at radius 2 is 2.04 bits per heavy atom. The van der Waals surface area contributed by atoms with Crippen molar-refractivity contribution >= 4 is 23.2 Å². The highest BCUT2D eigenvalue weighted by molar-refractivity contribution is 7.09. The van der Waals surface area contributed by atoms with E-state index in [9.17, 15) is 9.59 Å². The van der Waals surface area contributed by atoms with Gasteiger partial charge in [0.05, 0.1) is 12.1 Å². The van der Waals surface area contributed by atoms with E-state index in [0.717, 1.165) is 16.3 Å². The molecule has 23 heavy (non-hydrogen) atoms. The fourth-order valence-corrected chi connectivity index (χ4v) is 2.50. The lowest BCUT2D eigenvalue weighted by Gasteiger charge is -2.07. The molecule has 1 atom stereocenters. The van der Waals surface area contributed by atoms with Crippen LogP contribution in [0.4, 0.5) is 0 Å². The number of amides is 1. The number of nitrogens with one attached hydrogen (secondary N) is 1. The molecule has 1 aromatic heterocycles. The average Bonchev–Trinajstić information content (AvgIpc) is 2.93. The number of carboxylic acid groups (broad SMARTS) is 1. The van der Waals surface area contributed by atoms with Gasteiger partial charge in [0.25, 0.3) is 0 Å². The van der Waals surface area contributed by atoms with Crippen molar-refractivity contribution in [2.24, 2.45) is 0 Å². The summed E-state index contributed by atoms with van der Waals surface area (Å²) in [5.74, 6) is -0.666. The molecule has 6 nitrogen and oxygen atoms in total. The third-order valence-electron chi connectivity index (χ3n) is 3.07. The summed E-state index contributed by atoms with van der Waals surface area (Å²) >= 11 is 1.41. The summed E-state index contributed by atoms with van der Waals surface area (Å²) in [5, 5.41) is 13.7. The van der Waals surface area contributed by atoms with Gasteiger partial charge in [-0.1, -0.05) is 17.7 Å². The molecule has 0 unspecified atom stereocenters. The highest BCUT2D eigenvalue weighted by Crippen LogP contribution is 2.16. The van der Waals surface area contributed by atoms with Crippen LogP contribution in [0.5, 0.6) is 5.75 Å². The Kier molecular flexibility index (Phi) is 5.70. The molecule has 0 saturated carbocycles. The number of carboxylic acids is 1. The molecule has 0 saturated heterocycles. The minimum absolute atomic E-state index is 0.0542. The first-order valence-electron chi connectivity index (χ1n) is 7.09. The van der Waals surface area contributed by atoms with Gasteiger partial charge in [0.2, 0.25) is 5.91 Å². The van der Waals surface area contributed by atoms with Crippen LogP contribution in [-0.4, -0.2) is 28.0 Å². The van der Waals surface area contributed by atoms with Gasteiger partial charge < -0.3 is 15.2 Å². The second-order valence-electron chi connectivity index (χ2n) is 5.14. The maximum Gasteiger partial charge on any atom is 0.325 e. The van der Waals surface area contributed by atoms with E-state index in [2.05, 4.69) is 10.3 Å². The molecule has 122 valence electrons. The van der Waals surface area contributed by atoms with Crippen LogP contribution in [0.25, 0.3) is 0 Å². The molecule has 1 heterocycles.